The van der Waals surface area contributed by atoms with Crippen LogP contribution in [0.2, 0.25) is 0 Å². The van der Waals surface area contributed by atoms with Crippen LogP contribution in [0.15, 0.2) is 29.0 Å². The van der Waals surface area contributed by atoms with Gasteiger partial charge in [0.15, 0.2) is 0 Å². The maximum atomic E-state index is 6.20. The normalized spacial score (nSPS) is 21.4. The summed E-state index contributed by atoms with van der Waals surface area (Å²) in [5.41, 5.74) is 8.97. The lowest BCUT2D eigenvalue weighted by molar-refractivity contribution is 0.404. The quantitative estimate of drug-likeness (QED) is 0.781. The van der Waals surface area contributed by atoms with E-state index in [9.17, 15) is 0 Å². The summed E-state index contributed by atoms with van der Waals surface area (Å²) in [5.74, 6) is 0.968. The van der Waals surface area contributed by atoms with Crippen molar-refractivity contribution in [3.05, 3.63) is 30.2 Å². The molecule has 0 aliphatic heterocycles. The molecule has 23 heavy (non-hydrogen) atoms. The number of hydrogen-bond donors (Lipinski definition) is 3. The number of hydrogen-bond acceptors (Lipinski definition) is 6. The molecular weight excluding hydrogens is 290 g/mol. The van der Waals surface area contributed by atoms with Gasteiger partial charge in [0.25, 0.3) is 0 Å². The molecule has 2 heterocycles. The summed E-state index contributed by atoms with van der Waals surface area (Å²) >= 11 is 0. The minimum Gasteiger partial charge on any atom is -0.379 e. The first-order chi connectivity index (χ1) is 11.1. The smallest absolute Gasteiger partial charge is 0.229 e. The lowest BCUT2D eigenvalue weighted by Gasteiger charge is -2.30. The first kappa shape index (κ1) is 15.8. The van der Waals surface area contributed by atoms with Crippen LogP contribution in [-0.4, -0.2) is 22.2 Å². The first-order valence-electron chi connectivity index (χ1n) is 8.32. The first-order valence-corrected chi connectivity index (χ1v) is 8.32. The number of nitrogens with one attached hydrogen (secondary N) is 2. The largest absolute Gasteiger partial charge is 0.379 e. The highest BCUT2D eigenvalue weighted by Crippen LogP contribution is 2.25. The van der Waals surface area contributed by atoms with Crippen LogP contribution in [0.25, 0.3) is 0 Å². The van der Waals surface area contributed by atoms with Gasteiger partial charge in [-0.05, 0) is 24.8 Å². The van der Waals surface area contributed by atoms with E-state index in [0.29, 0.717) is 17.8 Å². The van der Waals surface area contributed by atoms with E-state index in [2.05, 4.69) is 34.6 Å². The number of rotatable bonds is 5. The fourth-order valence-corrected chi connectivity index (χ4v) is 2.90. The van der Waals surface area contributed by atoms with Crippen LogP contribution in [0, 0.1) is 0 Å². The Kier molecular flexibility index (Phi) is 4.81. The monoisotopic (exact) mass is 315 g/mol. The lowest BCUT2D eigenvalue weighted by Crippen LogP contribution is -2.42. The molecule has 1 aliphatic carbocycles. The van der Waals surface area contributed by atoms with Crippen molar-refractivity contribution in [1.82, 2.24) is 10.1 Å². The Hall–Kier alpha value is -2.08. The Labute approximate surface area is 136 Å². The number of nitrogens with zero attached hydrogens (tertiary/aromatic N) is 2. The average molecular weight is 315 g/mol. The number of aromatic nitrogens is 2. The Morgan fingerprint density at radius 2 is 1.96 bits per heavy atom. The third-order valence-corrected chi connectivity index (χ3v) is 4.30. The van der Waals surface area contributed by atoms with Crippen molar-refractivity contribution >= 4 is 17.3 Å². The average Bonchev–Trinajstić information content (AvgIpc) is 2.99. The van der Waals surface area contributed by atoms with Crippen LogP contribution in [0.5, 0.6) is 0 Å². The summed E-state index contributed by atoms with van der Waals surface area (Å²) in [6.07, 6.45) is 8.24. The van der Waals surface area contributed by atoms with E-state index in [1.54, 1.807) is 6.20 Å². The van der Waals surface area contributed by atoms with E-state index in [1.165, 1.54) is 12.8 Å². The van der Waals surface area contributed by atoms with Gasteiger partial charge in [0.05, 0.1) is 29.5 Å². The Morgan fingerprint density at radius 3 is 2.70 bits per heavy atom. The molecule has 0 aromatic carbocycles. The van der Waals surface area contributed by atoms with Gasteiger partial charge < -0.3 is 20.9 Å². The second-order valence-electron chi connectivity index (χ2n) is 6.56. The summed E-state index contributed by atoms with van der Waals surface area (Å²) in [6.45, 7) is 4.17. The molecule has 0 spiro atoms. The zero-order chi connectivity index (χ0) is 16.2. The maximum absolute atomic E-state index is 6.20. The molecule has 2 aromatic rings. The van der Waals surface area contributed by atoms with E-state index < -0.39 is 0 Å². The fraction of sp³-hybridized carbons (Fsp3) is 0.529. The van der Waals surface area contributed by atoms with Gasteiger partial charge in [-0.3, -0.25) is 4.98 Å². The molecule has 0 unspecified atom stereocenters. The van der Waals surface area contributed by atoms with Gasteiger partial charge in [0.1, 0.15) is 0 Å². The van der Waals surface area contributed by atoms with E-state index in [1.807, 2.05) is 18.3 Å². The molecule has 0 amide bonds. The van der Waals surface area contributed by atoms with E-state index in [0.717, 1.165) is 29.9 Å². The van der Waals surface area contributed by atoms with Gasteiger partial charge in [-0.2, -0.15) is 0 Å². The van der Waals surface area contributed by atoms with Crippen LogP contribution >= 0.6 is 0 Å². The van der Waals surface area contributed by atoms with Crippen molar-refractivity contribution in [2.75, 3.05) is 10.6 Å². The highest BCUT2D eigenvalue weighted by Gasteiger charge is 2.21. The highest BCUT2D eigenvalue weighted by molar-refractivity contribution is 5.60. The van der Waals surface area contributed by atoms with Crippen molar-refractivity contribution < 1.29 is 4.52 Å². The Morgan fingerprint density at radius 1 is 1.17 bits per heavy atom. The van der Waals surface area contributed by atoms with E-state index >= 15 is 0 Å². The molecule has 1 fully saturated rings. The number of anilines is 3. The van der Waals surface area contributed by atoms with Gasteiger partial charge in [-0.1, -0.05) is 31.8 Å². The van der Waals surface area contributed by atoms with Gasteiger partial charge in [0, 0.05) is 18.2 Å². The molecule has 1 aliphatic rings. The van der Waals surface area contributed by atoms with E-state index in [4.69, 9.17) is 10.3 Å². The molecule has 6 nitrogen and oxygen atoms in total. The SMILES string of the molecule is CC(C)c1cc(Nc2cncc(N[C@@H]3CCCC[C@@H]3N)c2)on1. The Bertz CT molecular complexity index is 639. The molecule has 0 bridgehead atoms. The van der Waals surface area contributed by atoms with Crippen molar-refractivity contribution in [2.45, 2.75) is 57.5 Å². The van der Waals surface area contributed by atoms with Crippen molar-refractivity contribution in [3.8, 4) is 0 Å². The van der Waals surface area contributed by atoms with Crippen molar-refractivity contribution in [2.24, 2.45) is 5.73 Å². The third-order valence-electron chi connectivity index (χ3n) is 4.30. The summed E-state index contributed by atoms with van der Waals surface area (Å²) in [4.78, 5) is 4.29. The molecule has 1 saturated carbocycles. The van der Waals surface area contributed by atoms with Crippen molar-refractivity contribution in [3.63, 3.8) is 0 Å². The van der Waals surface area contributed by atoms with Gasteiger partial charge >= 0.3 is 0 Å². The molecule has 6 heteroatoms. The van der Waals surface area contributed by atoms with Crippen LogP contribution in [0.1, 0.15) is 51.1 Å². The topological polar surface area (TPSA) is 89.0 Å². The highest BCUT2D eigenvalue weighted by atomic mass is 16.5. The zero-order valence-corrected chi connectivity index (χ0v) is 13.7. The summed E-state index contributed by atoms with van der Waals surface area (Å²) in [6, 6.07) is 4.47. The number of nitrogens with two attached hydrogens (primary N) is 1. The molecule has 2 atom stereocenters. The molecule has 2 aromatic heterocycles. The minimum absolute atomic E-state index is 0.211. The predicted molar refractivity (Wildman–Crippen MR) is 92.0 cm³/mol. The summed E-state index contributed by atoms with van der Waals surface area (Å²) in [7, 11) is 0. The molecule has 3 rings (SSSR count). The third kappa shape index (κ3) is 4.01. The standard InChI is InChI=1S/C17H25N5O/c1-11(2)16-8-17(23-22-16)21-13-7-12(9-19-10-13)20-15-6-4-3-5-14(15)18/h7-11,14-15,20-21H,3-6,18H2,1-2H3/t14-,15+/m0/s1. The summed E-state index contributed by atoms with van der Waals surface area (Å²) < 4.78 is 5.31. The molecular formula is C17H25N5O. The van der Waals surface area contributed by atoms with Crippen LogP contribution in [0.3, 0.4) is 0 Å². The van der Waals surface area contributed by atoms with Gasteiger partial charge in [-0.25, -0.2) is 0 Å². The minimum atomic E-state index is 0.211. The van der Waals surface area contributed by atoms with Gasteiger partial charge in [-0.15, -0.1) is 0 Å². The van der Waals surface area contributed by atoms with Crippen LogP contribution < -0.4 is 16.4 Å². The predicted octanol–water partition coefficient (Wildman–Crippen LogP) is 3.62. The number of pyridine rings is 1. The zero-order valence-electron chi connectivity index (χ0n) is 13.7. The molecule has 0 radical (unpaired) electrons. The second kappa shape index (κ2) is 7.00. The van der Waals surface area contributed by atoms with Crippen LogP contribution in [0.4, 0.5) is 17.3 Å². The second-order valence-corrected chi connectivity index (χ2v) is 6.56. The molecule has 124 valence electrons. The maximum Gasteiger partial charge on any atom is 0.229 e. The van der Waals surface area contributed by atoms with E-state index in [-0.39, 0.29) is 6.04 Å². The molecule has 0 saturated heterocycles. The summed E-state index contributed by atoms with van der Waals surface area (Å²) in [5, 5.41) is 10.8. The van der Waals surface area contributed by atoms with Crippen LogP contribution in [-0.2, 0) is 0 Å². The van der Waals surface area contributed by atoms with Gasteiger partial charge in [0.2, 0.25) is 5.88 Å². The molecule has 4 N–H and O–H groups in total. The van der Waals surface area contributed by atoms with Crippen molar-refractivity contribution in [1.29, 1.82) is 0 Å². The Balaban J connectivity index is 1.66. The lowest BCUT2D eigenvalue weighted by atomic mass is 9.91. The fourth-order valence-electron chi connectivity index (χ4n) is 2.90.